The van der Waals surface area contributed by atoms with Crippen LogP contribution in [0.1, 0.15) is 33.1 Å². The van der Waals surface area contributed by atoms with Gasteiger partial charge in [0, 0.05) is 33.2 Å². The lowest BCUT2D eigenvalue weighted by Crippen LogP contribution is -2.31. The van der Waals surface area contributed by atoms with Gasteiger partial charge >= 0.3 is 0 Å². The first-order chi connectivity index (χ1) is 6.97. The lowest BCUT2D eigenvalue weighted by Gasteiger charge is -2.19. The molecule has 0 bridgehead atoms. The molecule has 0 spiro atoms. The van der Waals surface area contributed by atoms with Crippen LogP contribution in [0.5, 0.6) is 0 Å². The van der Waals surface area contributed by atoms with Crippen molar-refractivity contribution in [2.75, 3.05) is 20.7 Å². The third-order valence-electron chi connectivity index (χ3n) is 2.51. The highest BCUT2D eigenvalue weighted by Crippen LogP contribution is 2.03. The molecule has 1 amide bonds. The number of methoxy groups -OCH3 is 1. The highest BCUT2D eigenvalue weighted by molar-refractivity contribution is 5.75. The Morgan fingerprint density at radius 3 is 2.47 bits per heavy atom. The maximum atomic E-state index is 11.6. The Balaban J connectivity index is 3.69. The summed E-state index contributed by atoms with van der Waals surface area (Å²) in [6, 6.07) is 0.151. The summed E-state index contributed by atoms with van der Waals surface area (Å²) in [7, 11) is 3.48. The van der Waals surface area contributed by atoms with E-state index in [0.717, 1.165) is 19.4 Å². The maximum absolute atomic E-state index is 11.6. The van der Waals surface area contributed by atoms with Gasteiger partial charge < -0.3 is 15.4 Å². The molecule has 2 atom stereocenters. The lowest BCUT2D eigenvalue weighted by molar-refractivity contribution is -0.130. The number of carbonyl (C=O) groups excluding carboxylic acids is 1. The molecule has 0 heterocycles. The third kappa shape index (κ3) is 7.33. The summed E-state index contributed by atoms with van der Waals surface area (Å²) in [6.07, 6.45) is 2.32. The van der Waals surface area contributed by atoms with Crippen LogP contribution in [-0.2, 0) is 9.53 Å². The van der Waals surface area contributed by atoms with Crippen molar-refractivity contribution in [2.45, 2.75) is 45.3 Å². The van der Waals surface area contributed by atoms with Crippen LogP contribution in [-0.4, -0.2) is 43.7 Å². The van der Waals surface area contributed by atoms with E-state index in [2.05, 4.69) is 0 Å². The van der Waals surface area contributed by atoms with Crippen molar-refractivity contribution in [1.29, 1.82) is 0 Å². The molecule has 0 aliphatic rings. The minimum Gasteiger partial charge on any atom is -0.382 e. The van der Waals surface area contributed by atoms with Crippen LogP contribution in [0.4, 0.5) is 0 Å². The Kier molecular flexibility index (Phi) is 7.34. The average molecular weight is 216 g/mol. The van der Waals surface area contributed by atoms with Crippen LogP contribution in [0.2, 0.25) is 0 Å². The number of ether oxygens (including phenoxy) is 1. The Morgan fingerprint density at radius 2 is 2.00 bits per heavy atom. The van der Waals surface area contributed by atoms with Gasteiger partial charge in [0.2, 0.25) is 5.91 Å². The molecule has 0 radical (unpaired) electrons. The fourth-order valence-corrected chi connectivity index (χ4v) is 1.16. The van der Waals surface area contributed by atoms with Crippen molar-refractivity contribution in [1.82, 2.24) is 4.90 Å². The van der Waals surface area contributed by atoms with Crippen molar-refractivity contribution in [3.05, 3.63) is 0 Å². The van der Waals surface area contributed by atoms with E-state index in [4.69, 9.17) is 10.5 Å². The first kappa shape index (κ1) is 14.4. The summed E-state index contributed by atoms with van der Waals surface area (Å²) in [5.74, 6) is 0.166. The molecule has 0 saturated heterocycles. The maximum Gasteiger partial charge on any atom is 0.222 e. The van der Waals surface area contributed by atoms with Gasteiger partial charge in [0.25, 0.3) is 0 Å². The smallest absolute Gasteiger partial charge is 0.222 e. The van der Waals surface area contributed by atoms with Gasteiger partial charge in [-0.2, -0.15) is 0 Å². The van der Waals surface area contributed by atoms with Crippen LogP contribution in [0.25, 0.3) is 0 Å². The van der Waals surface area contributed by atoms with Crippen LogP contribution in [0, 0.1) is 0 Å². The van der Waals surface area contributed by atoms with E-state index in [1.165, 1.54) is 0 Å². The van der Waals surface area contributed by atoms with Crippen molar-refractivity contribution < 1.29 is 9.53 Å². The Hall–Kier alpha value is -0.610. The zero-order chi connectivity index (χ0) is 11.8. The highest BCUT2D eigenvalue weighted by Gasteiger charge is 2.10. The molecule has 4 heteroatoms. The van der Waals surface area contributed by atoms with E-state index in [0.29, 0.717) is 6.42 Å². The second-order valence-electron chi connectivity index (χ2n) is 4.17. The third-order valence-corrected chi connectivity index (χ3v) is 2.51. The number of nitrogens with two attached hydrogens (primary N) is 1. The molecule has 4 nitrogen and oxygen atoms in total. The molecule has 0 aromatic heterocycles. The van der Waals surface area contributed by atoms with Gasteiger partial charge in [0.15, 0.2) is 0 Å². The first-order valence-corrected chi connectivity index (χ1v) is 5.49. The summed E-state index contributed by atoms with van der Waals surface area (Å²) in [5, 5.41) is 0. The van der Waals surface area contributed by atoms with E-state index >= 15 is 0 Å². The van der Waals surface area contributed by atoms with Crippen molar-refractivity contribution in [3.63, 3.8) is 0 Å². The molecule has 2 unspecified atom stereocenters. The molecule has 15 heavy (non-hydrogen) atoms. The highest BCUT2D eigenvalue weighted by atomic mass is 16.5. The second-order valence-corrected chi connectivity index (χ2v) is 4.17. The quantitative estimate of drug-likeness (QED) is 0.690. The summed E-state index contributed by atoms with van der Waals surface area (Å²) in [4.78, 5) is 13.3. The van der Waals surface area contributed by atoms with Crippen LogP contribution < -0.4 is 5.73 Å². The normalized spacial score (nSPS) is 14.7. The molecule has 90 valence electrons. The van der Waals surface area contributed by atoms with Crippen molar-refractivity contribution >= 4 is 5.91 Å². The zero-order valence-electron chi connectivity index (χ0n) is 10.3. The SMILES string of the molecule is COC(C)CCC(=O)N(C)CCC(C)N. The predicted octanol–water partition coefficient (Wildman–Crippen LogP) is 0.997. The molecule has 0 rings (SSSR count). The monoisotopic (exact) mass is 216 g/mol. The molecule has 0 aliphatic carbocycles. The summed E-state index contributed by atoms with van der Waals surface area (Å²) in [6.45, 7) is 4.65. The molecule has 0 aromatic rings. The second kappa shape index (κ2) is 7.65. The number of carbonyl (C=O) groups is 1. The first-order valence-electron chi connectivity index (χ1n) is 5.49. The van der Waals surface area contributed by atoms with Gasteiger partial charge in [-0.05, 0) is 26.7 Å². The number of hydrogen-bond donors (Lipinski definition) is 1. The van der Waals surface area contributed by atoms with E-state index in [-0.39, 0.29) is 18.1 Å². The van der Waals surface area contributed by atoms with Gasteiger partial charge in [0.1, 0.15) is 0 Å². The largest absolute Gasteiger partial charge is 0.382 e. The van der Waals surface area contributed by atoms with E-state index in [1.54, 1.807) is 12.0 Å². The van der Waals surface area contributed by atoms with E-state index in [1.807, 2.05) is 20.9 Å². The fraction of sp³-hybridized carbons (Fsp3) is 0.909. The van der Waals surface area contributed by atoms with Crippen LogP contribution in [0.15, 0.2) is 0 Å². The topological polar surface area (TPSA) is 55.6 Å². The zero-order valence-corrected chi connectivity index (χ0v) is 10.3. The van der Waals surface area contributed by atoms with Crippen LogP contribution >= 0.6 is 0 Å². The molecular weight excluding hydrogens is 192 g/mol. The summed E-state index contributed by atoms with van der Waals surface area (Å²) >= 11 is 0. The minimum atomic E-state index is 0.149. The van der Waals surface area contributed by atoms with Gasteiger partial charge in [0.05, 0.1) is 6.10 Å². The van der Waals surface area contributed by atoms with Crippen LogP contribution in [0.3, 0.4) is 0 Å². The molecule has 0 aromatic carbocycles. The Labute approximate surface area is 92.8 Å². The molecule has 0 saturated carbocycles. The molecule has 2 N–H and O–H groups in total. The van der Waals surface area contributed by atoms with Crippen molar-refractivity contribution in [3.8, 4) is 0 Å². The lowest BCUT2D eigenvalue weighted by atomic mass is 10.2. The van der Waals surface area contributed by atoms with Gasteiger partial charge in [-0.3, -0.25) is 4.79 Å². The summed E-state index contributed by atoms with van der Waals surface area (Å²) in [5.41, 5.74) is 5.63. The number of rotatable bonds is 7. The minimum absolute atomic E-state index is 0.149. The summed E-state index contributed by atoms with van der Waals surface area (Å²) < 4.78 is 5.09. The van der Waals surface area contributed by atoms with E-state index < -0.39 is 0 Å². The van der Waals surface area contributed by atoms with E-state index in [9.17, 15) is 4.79 Å². The predicted molar refractivity (Wildman–Crippen MR) is 61.6 cm³/mol. The van der Waals surface area contributed by atoms with Gasteiger partial charge in [-0.1, -0.05) is 0 Å². The number of hydrogen-bond acceptors (Lipinski definition) is 3. The number of nitrogens with zero attached hydrogens (tertiary/aromatic N) is 1. The van der Waals surface area contributed by atoms with Gasteiger partial charge in [-0.15, -0.1) is 0 Å². The Bertz CT molecular complexity index is 183. The number of amides is 1. The molecule has 0 aliphatic heterocycles. The molecule has 0 fully saturated rings. The Morgan fingerprint density at radius 1 is 1.40 bits per heavy atom. The standard InChI is InChI=1S/C11H24N2O2/c1-9(12)7-8-13(3)11(14)6-5-10(2)15-4/h9-10H,5-8,12H2,1-4H3. The van der Waals surface area contributed by atoms with Crippen molar-refractivity contribution in [2.24, 2.45) is 5.73 Å². The average Bonchev–Trinajstić information content (AvgIpc) is 2.21. The van der Waals surface area contributed by atoms with Gasteiger partial charge in [-0.25, -0.2) is 0 Å². The fourth-order valence-electron chi connectivity index (χ4n) is 1.16. The molecular formula is C11H24N2O2.